The van der Waals surface area contributed by atoms with Gasteiger partial charge < -0.3 is 19.7 Å². The molecule has 6 heteroatoms. The summed E-state index contributed by atoms with van der Waals surface area (Å²) in [6.45, 7) is 9.56. The van der Waals surface area contributed by atoms with Crippen LogP contribution in [0.4, 0.5) is 9.59 Å². The Morgan fingerprint density at radius 2 is 2.00 bits per heavy atom. The highest BCUT2D eigenvalue weighted by molar-refractivity contribution is 5.68. The zero-order valence-corrected chi connectivity index (χ0v) is 15.6. The number of nitrogens with one attached hydrogen (secondary N) is 1. The number of carbonyl (C=O) groups excluding carboxylic acids is 2. The van der Waals surface area contributed by atoms with Crippen LogP contribution in [0.5, 0.6) is 0 Å². The lowest BCUT2D eigenvalue weighted by atomic mass is 9.96. The minimum atomic E-state index is -0.479. The Morgan fingerprint density at radius 1 is 1.24 bits per heavy atom. The smallest absolute Gasteiger partial charge is 0.410 e. The molecular weight excluding hydrogens is 320 g/mol. The van der Waals surface area contributed by atoms with Crippen molar-refractivity contribution in [2.24, 2.45) is 0 Å². The summed E-state index contributed by atoms with van der Waals surface area (Å²) in [5, 5.41) is 2.73. The lowest BCUT2D eigenvalue weighted by Crippen LogP contribution is -2.39. The Morgan fingerprint density at radius 3 is 2.68 bits per heavy atom. The maximum Gasteiger partial charge on any atom is 0.410 e. The lowest BCUT2D eigenvalue weighted by Gasteiger charge is -2.31. The molecule has 1 N–H and O–H groups in total. The Hall–Kier alpha value is -2.24. The van der Waals surface area contributed by atoms with Crippen LogP contribution in [-0.2, 0) is 28.9 Å². The number of rotatable bonds is 4. The first-order chi connectivity index (χ1) is 11.8. The number of benzene rings is 1. The molecule has 0 saturated carbocycles. The number of alkyl carbamates (subject to hydrolysis) is 1. The molecule has 6 nitrogen and oxygen atoms in total. The first kappa shape index (κ1) is 19.1. The van der Waals surface area contributed by atoms with Gasteiger partial charge in [-0.05, 0) is 57.2 Å². The van der Waals surface area contributed by atoms with Crippen molar-refractivity contribution in [3.63, 3.8) is 0 Å². The maximum absolute atomic E-state index is 12.2. The number of hydrogen-bond acceptors (Lipinski definition) is 4. The molecule has 0 bridgehead atoms. The van der Waals surface area contributed by atoms with E-state index < -0.39 is 5.60 Å². The molecule has 2 amide bonds. The van der Waals surface area contributed by atoms with Gasteiger partial charge in [0.15, 0.2) is 0 Å². The van der Waals surface area contributed by atoms with Crippen molar-refractivity contribution in [2.45, 2.75) is 52.7 Å². The lowest BCUT2D eigenvalue weighted by molar-refractivity contribution is 0.0224. The van der Waals surface area contributed by atoms with Gasteiger partial charge in [-0.1, -0.05) is 18.2 Å². The Kier molecular flexibility index (Phi) is 6.28. The van der Waals surface area contributed by atoms with Gasteiger partial charge in [-0.15, -0.1) is 0 Å². The van der Waals surface area contributed by atoms with Gasteiger partial charge in [-0.3, -0.25) is 0 Å². The van der Waals surface area contributed by atoms with Crippen LogP contribution in [0.25, 0.3) is 0 Å². The molecule has 1 aliphatic heterocycles. The maximum atomic E-state index is 12.2. The summed E-state index contributed by atoms with van der Waals surface area (Å²) in [5.74, 6) is 0. The monoisotopic (exact) mass is 348 g/mol. The minimum Gasteiger partial charge on any atom is -0.450 e. The van der Waals surface area contributed by atoms with Gasteiger partial charge in [0, 0.05) is 19.6 Å². The number of carbonyl (C=O) groups is 2. The van der Waals surface area contributed by atoms with Crippen molar-refractivity contribution in [3.8, 4) is 0 Å². The van der Waals surface area contributed by atoms with E-state index in [2.05, 4.69) is 17.4 Å². The van der Waals surface area contributed by atoms with E-state index in [-0.39, 0.29) is 12.2 Å². The van der Waals surface area contributed by atoms with Crippen molar-refractivity contribution >= 4 is 12.2 Å². The molecule has 1 heterocycles. The summed E-state index contributed by atoms with van der Waals surface area (Å²) in [6, 6.07) is 6.27. The van der Waals surface area contributed by atoms with Gasteiger partial charge in [-0.25, -0.2) is 9.59 Å². The molecule has 1 aliphatic rings. The van der Waals surface area contributed by atoms with Crippen LogP contribution in [0.2, 0.25) is 0 Å². The van der Waals surface area contributed by atoms with Crippen molar-refractivity contribution in [3.05, 3.63) is 34.9 Å². The fourth-order valence-electron chi connectivity index (χ4n) is 2.74. The van der Waals surface area contributed by atoms with Crippen LogP contribution in [0.3, 0.4) is 0 Å². The van der Waals surface area contributed by atoms with Crippen LogP contribution in [0.15, 0.2) is 18.2 Å². The SMILES string of the molecule is CCOC(=O)NCCc1ccc2c(c1)CCN(C(=O)OC(C)(C)C)C2. The molecule has 138 valence electrons. The van der Waals surface area contributed by atoms with E-state index in [1.807, 2.05) is 26.8 Å². The zero-order valence-electron chi connectivity index (χ0n) is 15.6. The molecule has 0 aliphatic carbocycles. The van der Waals surface area contributed by atoms with Crippen molar-refractivity contribution in [1.29, 1.82) is 0 Å². The zero-order chi connectivity index (χ0) is 18.4. The predicted molar refractivity (Wildman–Crippen MR) is 95.5 cm³/mol. The highest BCUT2D eigenvalue weighted by Gasteiger charge is 2.25. The number of amides is 2. The molecule has 0 saturated heterocycles. The minimum absolute atomic E-state index is 0.263. The summed E-state index contributed by atoms with van der Waals surface area (Å²) in [6.07, 6.45) is 0.921. The molecule has 0 radical (unpaired) electrons. The van der Waals surface area contributed by atoms with E-state index in [0.29, 0.717) is 26.2 Å². The number of ether oxygens (including phenoxy) is 2. The van der Waals surface area contributed by atoms with E-state index in [9.17, 15) is 9.59 Å². The summed E-state index contributed by atoms with van der Waals surface area (Å²) < 4.78 is 10.3. The molecule has 0 atom stereocenters. The number of nitrogens with zero attached hydrogens (tertiary/aromatic N) is 1. The second kappa shape index (κ2) is 8.23. The van der Waals surface area contributed by atoms with Crippen LogP contribution < -0.4 is 5.32 Å². The number of hydrogen-bond donors (Lipinski definition) is 1. The third-order valence-corrected chi connectivity index (χ3v) is 3.89. The fraction of sp³-hybridized carbons (Fsp3) is 0.579. The highest BCUT2D eigenvalue weighted by Crippen LogP contribution is 2.22. The molecular formula is C19H28N2O4. The topological polar surface area (TPSA) is 67.9 Å². The largest absolute Gasteiger partial charge is 0.450 e. The fourth-order valence-corrected chi connectivity index (χ4v) is 2.74. The second-order valence-electron chi connectivity index (χ2n) is 7.15. The van der Waals surface area contributed by atoms with Gasteiger partial charge in [0.2, 0.25) is 0 Å². The van der Waals surface area contributed by atoms with Crippen molar-refractivity contribution in [2.75, 3.05) is 19.7 Å². The third-order valence-electron chi connectivity index (χ3n) is 3.89. The average molecular weight is 348 g/mol. The predicted octanol–water partition coefficient (Wildman–Crippen LogP) is 3.27. The van der Waals surface area contributed by atoms with E-state index in [1.54, 1.807) is 11.8 Å². The quantitative estimate of drug-likeness (QED) is 0.907. The average Bonchev–Trinajstić information content (AvgIpc) is 2.53. The van der Waals surface area contributed by atoms with Gasteiger partial charge in [-0.2, -0.15) is 0 Å². The van der Waals surface area contributed by atoms with Crippen LogP contribution >= 0.6 is 0 Å². The van der Waals surface area contributed by atoms with Gasteiger partial charge in [0.05, 0.1) is 6.61 Å². The van der Waals surface area contributed by atoms with Crippen LogP contribution in [0, 0.1) is 0 Å². The van der Waals surface area contributed by atoms with Gasteiger partial charge in [0.25, 0.3) is 0 Å². The Bertz CT molecular complexity index is 622. The summed E-state index contributed by atoms with van der Waals surface area (Å²) in [7, 11) is 0. The van der Waals surface area contributed by atoms with Gasteiger partial charge >= 0.3 is 12.2 Å². The second-order valence-corrected chi connectivity index (χ2v) is 7.15. The molecule has 0 spiro atoms. The van der Waals surface area contributed by atoms with E-state index in [4.69, 9.17) is 9.47 Å². The Balaban J connectivity index is 1.90. The van der Waals surface area contributed by atoms with E-state index in [1.165, 1.54) is 11.1 Å². The highest BCUT2D eigenvalue weighted by atomic mass is 16.6. The van der Waals surface area contributed by atoms with Crippen molar-refractivity contribution in [1.82, 2.24) is 10.2 Å². The van der Waals surface area contributed by atoms with Crippen LogP contribution in [0.1, 0.15) is 44.4 Å². The molecule has 25 heavy (non-hydrogen) atoms. The molecule has 0 fully saturated rings. The molecule has 0 unspecified atom stereocenters. The molecule has 0 aromatic heterocycles. The number of fused-ring (bicyclic) bond motifs is 1. The first-order valence-electron chi connectivity index (χ1n) is 8.77. The summed E-state index contributed by atoms with van der Waals surface area (Å²) in [4.78, 5) is 25.2. The van der Waals surface area contributed by atoms with E-state index >= 15 is 0 Å². The van der Waals surface area contributed by atoms with E-state index in [0.717, 1.165) is 18.4 Å². The first-order valence-corrected chi connectivity index (χ1v) is 8.77. The standard InChI is InChI=1S/C19H28N2O4/c1-5-24-17(22)20-10-8-14-6-7-16-13-21(11-9-15(16)12-14)18(23)25-19(2,3)4/h6-7,12H,5,8-11,13H2,1-4H3,(H,20,22). The van der Waals surface area contributed by atoms with Crippen LogP contribution in [-0.4, -0.2) is 42.4 Å². The normalized spacial score (nSPS) is 13.8. The summed E-state index contributed by atoms with van der Waals surface area (Å²) in [5.41, 5.74) is 3.10. The molecule has 2 rings (SSSR count). The summed E-state index contributed by atoms with van der Waals surface area (Å²) >= 11 is 0. The molecule has 1 aromatic carbocycles. The van der Waals surface area contributed by atoms with Crippen molar-refractivity contribution < 1.29 is 19.1 Å². The Labute approximate surface area is 149 Å². The van der Waals surface area contributed by atoms with Gasteiger partial charge in [0.1, 0.15) is 5.60 Å². The molecule has 1 aromatic rings. The third kappa shape index (κ3) is 5.96.